The number of rotatable bonds is 8. The van der Waals surface area contributed by atoms with E-state index in [4.69, 9.17) is 0 Å². The Morgan fingerprint density at radius 1 is 0.182 bits per heavy atom. The van der Waals surface area contributed by atoms with Gasteiger partial charge in [-0.2, -0.15) is 0 Å². The third-order valence-electron chi connectivity index (χ3n) is 7.88. The highest BCUT2D eigenvalue weighted by Gasteiger charge is 2.04. The van der Waals surface area contributed by atoms with E-state index < -0.39 is 0 Å². The fourth-order valence-electron chi connectivity index (χ4n) is 5.43. The minimum Gasteiger partial charge on any atom is -0.356 e. The van der Waals surface area contributed by atoms with E-state index in [-0.39, 0.29) is 0 Å². The molecule has 0 aliphatic rings. The Morgan fingerprint density at radius 2 is 0.364 bits per heavy atom. The summed E-state index contributed by atoms with van der Waals surface area (Å²) >= 11 is 0. The van der Waals surface area contributed by atoms with E-state index >= 15 is 0 Å². The van der Waals surface area contributed by atoms with Gasteiger partial charge in [0, 0.05) is 22.7 Å². The van der Waals surface area contributed by atoms with Gasteiger partial charge in [0.15, 0.2) is 0 Å². The van der Waals surface area contributed by atoms with Crippen LogP contribution in [-0.4, -0.2) is 0 Å². The Balaban J connectivity index is 0.966. The van der Waals surface area contributed by atoms with E-state index in [9.17, 15) is 0 Å². The van der Waals surface area contributed by atoms with Crippen LogP contribution in [0.1, 0.15) is 0 Å². The molecule has 0 radical (unpaired) electrons. The van der Waals surface area contributed by atoms with Crippen molar-refractivity contribution in [2.75, 3.05) is 10.6 Å². The number of hydrogen-bond acceptors (Lipinski definition) is 2. The van der Waals surface area contributed by atoms with Crippen LogP contribution in [0.2, 0.25) is 0 Å². The van der Waals surface area contributed by atoms with Crippen LogP contribution < -0.4 is 10.6 Å². The lowest BCUT2D eigenvalue weighted by atomic mass is 10.00. The van der Waals surface area contributed by atoms with E-state index in [2.05, 4.69) is 180 Å². The molecule has 0 heterocycles. The molecule has 0 fully saturated rings. The molecule has 0 unspecified atom stereocenters. The molecule has 2 N–H and O–H groups in total. The molecule has 0 spiro atoms. The Kier molecular flexibility index (Phi) is 7.71. The molecule has 0 atom stereocenters. The SMILES string of the molecule is c1ccc(-c2ccc(Nc3ccc(-c4ccc(-c5ccc(Nc6ccc(-c7ccccc7)cc6)cc5)cc4)cc3)cc2)cc1. The molecular formula is C42H32N2. The maximum Gasteiger partial charge on any atom is 0.0384 e. The third kappa shape index (κ3) is 6.30. The van der Waals surface area contributed by atoms with Gasteiger partial charge in [0.1, 0.15) is 0 Å². The Morgan fingerprint density at radius 3 is 0.591 bits per heavy atom. The number of anilines is 4. The molecular weight excluding hydrogens is 532 g/mol. The fraction of sp³-hybridized carbons (Fsp3) is 0. The topological polar surface area (TPSA) is 24.1 Å². The zero-order valence-electron chi connectivity index (χ0n) is 24.3. The summed E-state index contributed by atoms with van der Waals surface area (Å²) in [5.74, 6) is 0. The van der Waals surface area contributed by atoms with E-state index in [1.807, 2.05) is 12.1 Å². The predicted molar refractivity (Wildman–Crippen MR) is 188 cm³/mol. The summed E-state index contributed by atoms with van der Waals surface area (Å²) in [5.41, 5.74) is 14.0. The van der Waals surface area contributed by atoms with Crippen LogP contribution in [0.3, 0.4) is 0 Å². The van der Waals surface area contributed by atoms with Crippen LogP contribution in [-0.2, 0) is 0 Å². The molecule has 0 bridgehead atoms. The van der Waals surface area contributed by atoms with Crippen LogP contribution in [0.5, 0.6) is 0 Å². The van der Waals surface area contributed by atoms with Crippen molar-refractivity contribution in [1.82, 2.24) is 0 Å². The molecule has 7 aromatic carbocycles. The Labute approximate surface area is 259 Å². The van der Waals surface area contributed by atoms with E-state index in [1.165, 1.54) is 44.5 Å². The standard InChI is InChI=1S/C42H32N2/c1-3-7-31(8-4-1)35-15-23-39(24-16-35)43-41-27-19-37(20-28-41)33-11-13-34(14-12-33)38-21-29-42(30-22-38)44-40-25-17-36(18-26-40)32-9-5-2-6-10-32/h1-30,43-44H. The maximum atomic E-state index is 3.52. The summed E-state index contributed by atoms with van der Waals surface area (Å²) in [5, 5.41) is 7.03. The zero-order chi connectivity index (χ0) is 29.6. The summed E-state index contributed by atoms with van der Waals surface area (Å²) in [6.45, 7) is 0. The van der Waals surface area contributed by atoms with Crippen molar-refractivity contribution >= 4 is 22.7 Å². The quantitative estimate of drug-likeness (QED) is 0.192. The number of nitrogens with one attached hydrogen (secondary N) is 2. The molecule has 44 heavy (non-hydrogen) atoms. The maximum absolute atomic E-state index is 3.52. The van der Waals surface area contributed by atoms with Crippen LogP contribution >= 0.6 is 0 Å². The van der Waals surface area contributed by atoms with E-state index in [0.29, 0.717) is 0 Å². The largest absolute Gasteiger partial charge is 0.356 e. The van der Waals surface area contributed by atoms with Gasteiger partial charge in [-0.25, -0.2) is 0 Å². The molecule has 2 heteroatoms. The molecule has 0 aromatic heterocycles. The van der Waals surface area contributed by atoms with Crippen LogP contribution in [0.25, 0.3) is 44.5 Å². The number of benzene rings is 7. The summed E-state index contributed by atoms with van der Waals surface area (Å²) in [4.78, 5) is 0. The lowest BCUT2D eigenvalue weighted by Gasteiger charge is -2.10. The first-order chi connectivity index (χ1) is 21.8. The van der Waals surface area contributed by atoms with Crippen molar-refractivity contribution in [1.29, 1.82) is 0 Å². The summed E-state index contributed by atoms with van der Waals surface area (Å²) in [6.07, 6.45) is 0. The van der Waals surface area contributed by atoms with Crippen molar-refractivity contribution in [2.24, 2.45) is 0 Å². The Hall–Kier alpha value is -5.86. The third-order valence-corrected chi connectivity index (χ3v) is 7.88. The molecule has 0 amide bonds. The summed E-state index contributed by atoms with van der Waals surface area (Å²) < 4.78 is 0. The highest BCUT2D eigenvalue weighted by atomic mass is 14.9. The van der Waals surface area contributed by atoms with Gasteiger partial charge in [0.2, 0.25) is 0 Å². The molecule has 0 saturated heterocycles. The van der Waals surface area contributed by atoms with Gasteiger partial charge in [-0.05, 0) is 93.0 Å². The van der Waals surface area contributed by atoms with Crippen molar-refractivity contribution in [3.05, 3.63) is 182 Å². The van der Waals surface area contributed by atoms with E-state index in [1.54, 1.807) is 0 Å². The van der Waals surface area contributed by atoms with Crippen molar-refractivity contribution in [2.45, 2.75) is 0 Å². The Bertz CT molecular complexity index is 1780. The molecule has 210 valence electrons. The van der Waals surface area contributed by atoms with Gasteiger partial charge in [0.25, 0.3) is 0 Å². The van der Waals surface area contributed by atoms with Gasteiger partial charge < -0.3 is 10.6 Å². The van der Waals surface area contributed by atoms with Crippen molar-refractivity contribution < 1.29 is 0 Å². The highest BCUT2D eigenvalue weighted by molar-refractivity contribution is 5.75. The van der Waals surface area contributed by atoms with Gasteiger partial charge in [-0.15, -0.1) is 0 Å². The normalized spacial score (nSPS) is 10.7. The molecule has 0 aliphatic heterocycles. The molecule has 7 aromatic rings. The number of hydrogen-bond donors (Lipinski definition) is 2. The average molecular weight is 565 g/mol. The first-order valence-corrected chi connectivity index (χ1v) is 14.9. The lowest BCUT2D eigenvalue weighted by Crippen LogP contribution is -1.90. The molecule has 0 aliphatic carbocycles. The minimum absolute atomic E-state index is 1.07. The first kappa shape index (κ1) is 27.0. The van der Waals surface area contributed by atoms with Gasteiger partial charge >= 0.3 is 0 Å². The second kappa shape index (κ2) is 12.6. The summed E-state index contributed by atoms with van der Waals surface area (Å²) in [7, 11) is 0. The summed E-state index contributed by atoms with van der Waals surface area (Å²) in [6, 6.07) is 64.0. The van der Waals surface area contributed by atoms with Crippen LogP contribution in [0, 0.1) is 0 Å². The van der Waals surface area contributed by atoms with Crippen LogP contribution in [0.4, 0.5) is 22.7 Å². The first-order valence-electron chi connectivity index (χ1n) is 14.9. The average Bonchev–Trinajstić information content (AvgIpc) is 3.11. The smallest absolute Gasteiger partial charge is 0.0384 e. The van der Waals surface area contributed by atoms with Crippen LogP contribution in [0.15, 0.2) is 182 Å². The highest BCUT2D eigenvalue weighted by Crippen LogP contribution is 2.29. The van der Waals surface area contributed by atoms with Crippen molar-refractivity contribution in [3.63, 3.8) is 0 Å². The van der Waals surface area contributed by atoms with Gasteiger partial charge in [-0.3, -0.25) is 0 Å². The second-order valence-electron chi connectivity index (χ2n) is 10.9. The van der Waals surface area contributed by atoms with Crippen molar-refractivity contribution in [3.8, 4) is 44.5 Å². The zero-order valence-corrected chi connectivity index (χ0v) is 24.3. The monoisotopic (exact) mass is 564 g/mol. The molecule has 2 nitrogen and oxygen atoms in total. The lowest BCUT2D eigenvalue weighted by molar-refractivity contribution is 1.52. The molecule has 7 rings (SSSR count). The predicted octanol–water partition coefficient (Wildman–Crippen LogP) is 11.8. The van der Waals surface area contributed by atoms with E-state index in [0.717, 1.165) is 22.7 Å². The molecule has 0 saturated carbocycles. The minimum atomic E-state index is 1.07. The van der Waals surface area contributed by atoms with Gasteiger partial charge in [0.05, 0.1) is 0 Å². The fourth-order valence-corrected chi connectivity index (χ4v) is 5.43. The second-order valence-corrected chi connectivity index (χ2v) is 10.9. The van der Waals surface area contributed by atoms with Gasteiger partial charge in [-0.1, -0.05) is 133 Å².